The molecule has 0 bridgehead atoms. The molecule has 0 unspecified atom stereocenters. The van der Waals surface area contributed by atoms with E-state index >= 15 is 0 Å². The third kappa shape index (κ3) is 7.36. The Kier molecular flexibility index (Phi) is 9.35. The molecule has 3 nitrogen and oxygen atoms in total. The quantitative estimate of drug-likeness (QED) is 0.636. The maximum atomic E-state index is 13.4. The molecule has 0 heterocycles. The van der Waals surface area contributed by atoms with Gasteiger partial charge in [0.1, 0.15) is 6.61 Å². The lowest BCUT2D eigenvalue weighted by Gasteiger charge is -2.07. The monoisotopic (exact) mass is 267 g/mol. The van der Waals surface area contributed by atoms with Crippen LogP contribution in [0.2, 0.25) is 0 Å². The third-order valence-electron chi connectivity index (χ3n) is 2.08. The summed E-state index contributed by atoms with van der Waals surface area (Å²) in [5.74, 6) is -0.251. The third-order valence-corrected chi connectivity index (χ3v) is 2.08. The van der Waals surface area contributed by atoms with Crippen LogP contribution in [0.1, 0.15) is 26.3 Å². The molecule has 1 aromatic rings. The molecule has 0 amide bonds. The van der Waals surface area contributed by atoms with E-state index in [2.05, 4.69) is 5.32 Å². The van der Waals surface area contributed by atoms with Crippen LogP contribution in [-0.2, 0) is 4.79 Å². The average molecular weight is 267 g/mol. The van der Waals surface area contributed by atoms with Gasteiger partial charge in [0.15, 0.2) is 17.3 Å². The van der Waals surface area contributed by atoms with Gasteiger partial charge >= 0.3 is 0 Å². The van der Waals surface area contributed by atoms with E-state index in [-0.39, 0.29) is 11.5 Å². The summed E-state index contributed by atoms with van der Waals surface area (Å²) in [6.07, 6.45) is 3.07. The van der Waals surface area contributed by atoms with Gasteiger partial charge in [0.05, 0.1) is 0 Å². The number of benzene rings is 1. The van der Waals surface area contributed by atoms with Crippen molar-refractivity contribution in [3.05, 3.63) is 35.7 Å². The van der Waals surface area contributed by atoms with E-state index in [1.54, 1.807) is 25.3 Å². The number of likely N-dealkylation sites (N-methyl/N-ethyl adjacent to an activating group) is 1. The lowest BCUT2D eigenvalue weighted by Crippen LogP contribution is -2.16. The van der Waals surface area contributed by atoms with Gasteiger partial charge in [-0.25, -0.2) is 4.39 Å². The number of halogens is 1. The largest absolute Gasteiger partial charge is 0.489 e. The second kappa shape index (κ2) is 10.3. The molecule has 19 heavy (non-hydrogen) atoms. The molecule has 0 saturated heterocycles. The summed E-state index contributed by atoms with van der Waals surface area (Å²) in [6, 6.07) is 4.50. The first-order valence-corrected chi connectivity index (χ1v) is 6.39. The molecule has 1 N–H and O–H groups in total. The van der Waals surface area contributed by atoms with Crippen LogP contribution in [0.3, 0.4) is 0 Å². The van der Waals surface area contributed by atoms with Gasteiger partial charge < -0.3 is 10.1 Å². The second-order valence-electron chi connectivity index (χ2n) is 3.59. The van der Waals surface area contributed by atoms with Crippen molar-refractivity contribution in [2.24, 2.45) is 0 Å². The highest BCUT2D eigenvalue weighted by molar-refractivity contribution is 5.91. The summed E-state index contributed by atoms with van der Waals surface area (Å²) in [7, 11) is 1.80. The van der Waals surface area contributed by atoms with Crippen LogP contribution in [0.15, 0.2) is 24.3 Å². The number of carbonyl (C=O) groups is 1. The molecule has 0 radical (unpaired) electrons. The minimum atomic E-state index is -0.402. The van der Waals surface area contributed by atoms with Gasteiger partial charge in [-0.2, -0.15) is 0 Å². The second-order valence-corrected chi connectivity index (χ2v) is 3.59. The Morgan fingerprint density at radius 1 is 1.42 bits per heavy atom. The van der Waals surface area contributed by atoms with Gasteiger partial charge in [0.2, 0.25) is 0 Å². The van der Waals surface area contributed by atoms with Gasteiger partial charge in [0.25, 0.3) is 0 Å². The number of ketones is 1. The Morgan fingerprint density at radius 2 is 2.11 bits per heavy atom. The fourth-order valence-corrected chi connectivity index (χ4v) is 1.21. The molecular formula is C15H22FNO2. The maximum Gasteiger partial charge on any atom is 0.165 e. The predicted molar refractivity (Wildman–Crippen MR) is 76.9 cm³/mol. The first-order chi connectivity index (χ1) is 9.13. The lowest BCUT2D eigenvalue weighted by atomic mass is 10.2. The van der Waals surface area contributed by atoms with Gasteiger partial charge in [-0.15, -0.1) is 0 Å². The molecule has 0 saturated carbocycles. The smallest absolute Gasteiger partial charge is 0.165 e. The minimum Gasteiger partial charge on any atom is -0.489 e. The number of allylic oxidation sites excluding steroid dienone is 1. The number of nitrogens with one attached hydrogen (secondary N) is 1. The molecule has 4 heteroatoms. The van der Waals surface area contributed by atoms with Crippen LogP contribution >= 0.6 is 0 Å². The van der Waals surface area contributed by atoms with E-state index in [0.717, 1.165) is 5.56 Å². The molecule has 0 atom stereocenters. The van der Waals surface area contributed by atoms with Gasteiger partial charge in [0, 0.05) is 6.54 Å². The Hall–Kier alpha value is -1.68. The van der Waals surface area contributed by atoms with Gasteiger partial charge in [-0.05, 0) is 37.7 Å². The average Bonchev–Trinajstić information content (AvgIpc) is 2.42. The van der Waals surface area contributed by atoms with E-state index in [0.29, 0.717) is 13.2 Å². The molecule has 0 spiro atoms. The van der Waals surface area contributed by atoms with Crippen molar-refractivity contribution in [2.45, 2.75) is 20.8 Å². The molecule has 0 fully saturated rings. The first kappa shape index (κ1) is 17.3. The zero-order chi connectivity index (χ0) is 14.7. The standard InChI is InChI=1S/C13H16FNO2.C2H6/c1-10(16)3-4-11-5-6-12(14)13(9-11)17-8-7-15-2;1-2/h3-6,9,15H,7-8H2,1-2H3;1-2H3/b4-3+;. The van der Waals surface area contributed by atoms with Crippen molar-refractivity contribution in [3.63, 3.8) is 0 Å². The van der Waals surface area contributed by atoms with Crippen LogP contribution in [-0.4, -0.2) is 26.0 Å². The first-order valence-electron chi connectivity index (χ1n) is 6.39. The summed E-state index contributed by atoms with van der Waals surface area (Å²) < 4.78 is 18.6. The summed E-state index contributed by atoms with van der Waals surface area (Å²) in [4.78, 5) is 10.8. The maximum absolute atomic E-state index is 13.4. The fourth-order valence-electron chi connectivity index (χ4n) is 1.21. The van der Waals surface area contributed by atoms with Crippen LogP contribution < -0.4 is 10.1 Å². The molecule has 0 aromatic heterocycles. The Morgan fingerprint density at radius 3 is 2.68 bits per heavy atom. The van der Waals surface area contributed by atoms with Gasteiger partial charge in [-0.1, -0.05) is 26.0 Å². The van der Waals surface area contributed by atoms with Crippen molar-refractivity contribution >= 4 is 11.9 Å². The highest BCUT2D eigenvalue weighted by Crippen LogP contribution is 2.19. The number of carbonyl (C=O) groups excluding carboxylic acids is 1. The molecule has 106 valence electrons. The van der Waals surface area contributed by atoms with E-state index in [1.165, 1.54) is 19.1 Å². The highest BCUT2D eigenvalue weighted by atomic mass is 19.1. The van der Waals surface area contributed by atoms with E-state index in [9.17, 15) is 9.18 Å². The number of hydrogen-bond donors (Lipinski definition) is 1. The van der Waals surface area contributed by atoms with Crippen molar-refractivity contribution in [3.8, 4) is 5.75 Å². The number of ether oxygens (including phenoxy) is 1. The minimum absolute atomic E-state index is 0.0491. The SMILES string of the molecule is CC.CNCCOc1cc(/C=C/C(C)=O)ccc1F. The number of rotatable bonds is 6. The summed E-state index contributed by atoms with van der Waals surface area (Å²) in [6.45, 7) is 6.50. The van der Waals surface area contributed by atoms with Crippen molar-refractivity contribution in [1.82, 2.24) is 5.32 Å². The zero-order valence-corrected chi connectivity index (χ0v) is 12.0. The number of hydrogen-bond acceptors (Lipinski definition) is 3. The molecule has 1 rings (SSSR count). The van der Waals surface area contributed by atoms with E-state index in [1.807, 2.05) is 13.8 Å². The normalized spacial score (nSPS) is 9.95. The molecule has 0 aliphatic heterocycles. The summed E-state index contributed by atoms with van der Waals surface area (Å²) in [5, 5.41) is 2.91. The lowest BCUT2D eigenvalue weighted by molar-refractivity contribution is -0.112. The predicted octanol–water partition coefficient (Wildman–Crippen LogP) is 3.05. The van der Waals surface area contributed by atoms with Gasteiger partial charge in [-0.3, -0.25) is 4.79 Å². The van der Waals surface area contributed by atoms with Crippen molar-refractivity contribution in [2.75, 3.05) is 20.2 Å². The van der Waals surface area contributed by atoms with Crippen LogP contribution in [0, 0.1) is 5.82 Å². The Bertz CT molecular complexity index is 417. The molecule has 0 aliphatic rings. The van der Waals surface area contributed by atoms with Crippen LogP contribution in [0.5, 0.6) is 5.75 Å². The topological polar surface area (TPSA) is 38.3 Å². The summed E-state index contributed by atoms with van der Waals surface area (Å²) >= 11 is 0. The van der Waals surface area contributed by atoms with Crippen LogP contribution in [0.4, 0.5) is 4.39 Å². The van der Waals surface area contributed by atoms with E-state index < -0.39 is 5.82 Å². The molecule has 1 aromatic carbocycles. The Balaban J connectivity index is 0.00000154. The highest BCUT2D eigenvalue weighted by Gasteiger charge is 2.03. The van der Waals surface area contributed by atoms with Crippen molar-refractivity contribution < 1.29 is 13.9 Å². The Labute approximate surface area is 114 Å². The molecular weight excluding hydrogens is 245 g/mol. The molecule has 0 aliphatic carbocycles. The summed E-state index contributed by atoms with van der Waals surface area (Å²) in [5.41, 5.74) is 0.737. The van der Waals surface area contributed by atoms with Crippen molar-refractivity contribution in [1.29, 1.82) is 0 Å². The fraction of sp³-hybridized carbons (Fsp3) is 0.400. The van der Waals surface area contributed by atoms with Crippen LogP contribution in [0.25, 0.3) is 6.08 Å². The zero-order valence-electron chi connectivity index (χ0n) is 12.0. The van der Waals surface area contributed by atoms with E-state index in [4.69, 9.17) is 4.74 Å².